The lowest BCUT2D eigenvalue weighted by Gasteiger charge is -2.08. The van der Waals surface area contributed by atoms with E-state index in [1.165, 1.54) is 0 Å². The van der Waals surface area contributed by atoms with Crippen molar-refractivity contribution in [3.63, 3.8) is 0 Å². The van der Waals surface area contributed by atoms with E-state index in [-0.39, 0.29) is 0 Å². The molecule has 3 N–H and O–H groups in total. The maximum Gasteiger partial charge on any atom is 0.0702 e. The Balaban J connectivity index is 2.35. The third kappa shape index (κ3) is 2.38. The Morgan fingerprint density at radius 1 is 1.38 bits per heavy atom. The fourth-order valence-electron chi connectivity index (χ4n) is 1.77. The van der Waals surface area contributed by atoms with E-state index in [0.29, 0.717) is 13.0 Å². The molecule has 1 aromatic heterocycles. The smallest absolute Gasteiger partial charge is 0.0702 e. The Hall–Kier alpha value is -1.45. The van der Waals surface area contributed by atoms with Crippen molar-refractivity contribution >= 4 is 10.9 Å². The minimum Gasteiger partial charge on any atom is -0.391 e. The summed E-state index contributed by atoms with van der Waals surface area (Å²) in [6.45, 7) is 2.32. The summed E-state index contributed by atoms with van der Waals surface area (Å²) in [4.78, 5) is 4.33. The fraction of sp³-hybridized carbons (Fsp3) is 0.308. The van der Waals surface area contributed by atoms with E-state index in [0.717, 1.165) is 22.0 Å². The predicted molar refractivity (Wildman–Crippen MR) is 65.2 cm³/mol. The van der Waals surface area contributed by atoms with Crippen LogP contribution >= 0.6 is 0 Å². The van der Waals surface area contributed by atoms with Crippen molar-refractivity contribution in [2.45, 2.75) is 19.4 Å². The number of hydrogen-bond donors (Lipinski definition) is 2. The monoisotopic (exact) mass is 216 g/mol. The van der Waals surface area contributed by atoms with Gasteiger partial charge in [0.1, 0.15) is 0 Å². The van der Waals surface area contributed by atoms with E-state index in [9.17, 15) is 5.11 Å². The zero-order valence-corrected chi connectivity index (χ0v) is 9.35. The second kappa shape index (κ2) is 4.60. The van der Waals surface area contributed by atoms with Crippen LogP contribution in [0.1, 0.15) is 11.1 Å². The summed E-state index contributed by atoms with van der Waals surface area (Å²) in [7, 11) is 0. The van der Waals surface area contributed by atoms with Gasteiger partial charge in [-0.05, 0) is 42.7 Å². The van der Waals surface area contributed by atoms with Crippen LogP contribution in [0, 0.1) is 6.92 Å². The highest BCUT2D eigenvalue weighted by atomic mass is 16.3. The average Bonchev–Trinajstić information content (AvgIpc) is 2.28. The lowest BCUT2D eigenvalue weighted by Crippen LogP contribution is -2.21. The van der Waals surface area contributed by atoms with Crippen molar-refractivity contribution in [2.75, 3.05) is 6.54 Å². The minimum atomic E-state index is -0.463. The molecule has 1 aromatic carbocycles. The Labute approximate surface area is 94.9 Å². The Morgan fingerprint density at radius 2 is 2.19 bits per heavy atom. The van der Waals surface area contributed by atoms with Gasteiger partial charge in [0.15, 0.2) is 0 Å². The first kappa shape index (κ1) is 11.0. The van der Waals surface area contributed by atoms with Crippen LogP contribution in [0.3, 0.4) is 0 Å². The molecule has 3 heteroatoms. The SMILES string of the molecule is Cc1cnc2ccc(CC(O)CN)cc2c1. The van der Waals surface area contributed by atoms with Crippen LogP contribution in [0.4, 0.5) is 0 Å². The highest BCUT2D eigenvalue weighted by Crippen LogP contribution is 2.16. The number of nitrogens with zero attached hydrogens (tertiary/aromatic N) is 1. The molecule has 0 saturated heterocycles. The molecule has 1 heterocycles. The maximum atomic E-state index is 9.50. The third-order valence-corrected chi connectivity index (χ3v) is 2.63. The normalized spacial score (nSPS) is 12.9. The number of aryl methyl sites for hydroxylation is 1. The average molecular weight is 216 g/mol. The number of fused-ring (bicyclic) bond motifs is 1. The van der Waals surface area contributed by atoms with Crippen LogP contribution in [0.5, 0.6) is 0 Å². The second-order valence-electron chi connectivity index (χ2n) is 4.13. The highest BCUT2D eigenvalue weighted by molar-refractivity contribution is 5.79. The van der Waals surface area contributed by atoms with Crippen LogP contribution in [0.2, 0.25) is 0 Å². The molecular weight excluding hydrogens is 200 g/mol. The quantitative estimate of drug-likeness (QED) is 0.815. The Bertz CT molecular complexity index is 496. The first-order valence-electron chi connectivity index (χ1n) is 5.42. The van der Waals surface area contributed by atoms with Gasteiger partial charge in [-0.1, -0.05) is 6.07 Å². The number of benzene rings is 1. The molecular formula is C13H16N2O. The number of nitrogens with two attached hydrogens (primary N) is 1. The lowest BCUT2D eigenvalue weighted by molar-refractivity contribution is 0.183. The Kier molecular flexibility index (Phi) is 3.17. The Morgan fingerprint density at radius 3 is 2.94 bits per heavy atom. The molecule has 2 rings (SSSR count). The van der Waals surface area contributed by atoms with Gasteiger partial charge < -0.3 is 10.8 Å². The summed E-state index contributed by atoms with van der Waals surface area (Å²) in [6.07, 6.45) is 1.99. The molecule has 84 valence electrons. The summed E-state index contributed by atoms with van der Waals surface area (Å²) in [5.41, 5.74) is 8.62. The highest BCUT2D eigenvalue weighted by Gasteiger charge is 2.04. The van der Waals surface area contributed by atoms with E-state index in [4.69, 9.17) is 5.73 Å². The van der Waals surface area contributed by atoms with Crippen LogP contribution in [0.25, 0.3) is 10.9 Å². The van der Waals surface area contributed by atoms with Gasteiger partial charge in [-0.25, -0.2) is 0 Å². The van der Waals surface area contributed by atoms with Crippen molar-refractivity contribution in [3.8, 4) is 0 Å². The third-order valence-electron chi connectivity index (χ3n) is 2.63. The van der Waals surface area contributed by atoms with E-state index in [2.05, 4.69) is 17.1 Å². The summed E-state index contributed by atoms with van der Waals surface area (Å²) < 4.78 is 0. The first-order valence-corrected chi connectivity index (χ1v) is 5.42. The van der Waals surface area contributed by atoms with Crippen LogP contribution < -0.4 is 5.73 Å². The summed E-state index contributed by atoms with van der Waals surface area (Å²) >= 11 is 0. The summed E-state index contributed by atoms with van der Waals surface area (Å²) in [6, 6.07) is 8.13. The molecule has 0 spiro atoms. The van der Waals surface area contributed by atoms with Gasteiger partial charge in [0.2, 0.25) is 0 Å². The van der Waals surface area contributed by atoms with Gasteiger partial charge >= 0.3 is 0 Å². The molecule has 16 heavy (non-hydrogen) atoms. The molecule has 1 unspecified atom stereocenters. The van der Waals surface area contributed by atoms with Crippen molar-refractivity contribution in [1.29, 1.82) is 0 Å². The largest absolute Gasteiger partial charge is 0.391 e. The number of rotatable bonds is 3. The molecule has 2 aromatic rings. The molecule has 1 atom stereocenters. The van der Waals surface area contributed by atoms with E-state index in [1.807, 2.05) is 25.3 Å². The maximum absolute atomic E-state index is 9.50. The molecule has 0 saturated carbocycles. The van der Waals surface area contributed by atoms with Crippen LogP contribution in [-0.2, 0) is 6.42 Å². The first-order chi connectivity index (χ1) is 7.69. The molecule has 0 amide bonds. The van der Waals surface area contributed by atoms with Crippen LogP contribution in [-0.4, -0.2) is 22.7 Å². The second-order valence-corrected chi connectivity index (χ2v) is 4.13. The van der Waals surface area contributed by atoms with Crippen molar-refractivity contribution in [1.82, 2.24) is 4.98 Å². The molecule has 0 aliphatic heterocycles. The number of hydrogen-bond acceptors (Lipinski definition) is 3. The zero-order chi connectivity index (χ0) is 11.5. The summed E-state index contributed by atoms with van der Waals surface area (Å²) in [5.74, 6) is 0. The number of aliphatic hydroxyl groups excluding tert-OH is 1. The molecule has 0 aliphatic rings. The standard InChI is InChI=1S/C13H16N2O/c1-9-4-11-5-10(6-12(16)7-14)2-3-13(11)15-8-9/h2-5,8,12,16H,6-7,14H2,1H3. The van der Waals surface area contributed by atoms with Crippen molar-refractivity contribution < 1.29 is 5.11 Å². The van der Waals surface area contributed by atoms with E-state index >= 15 is 0 Å². The van der Waals surface area contributed by atoms with Crippen molar-refractivity contribution in [2.24, 2.45) is 5.73 Å². The molecule has 0 bridgehead atoms. The van der Waals surface area contributed by atoms with Gasteiger partial charge in [-0.15, -0.1) is 0 Å². The fourth-order valence-corrected chi connectivity index (χ4v) is 1.77. The minimum absolute atomic E-state index is 0.296. The number of aromatic nitrogens is 1. The van der Waals surface area contributed by atoms with Crippen LogP contribution in [0.15, 0.2) is 30.5 Å². The van der Waals surface area contributed by atoms with Gasteiger partial charge in [-0.2, -0.15) is 0 Å². The van der Waals surface area contributed by atoms with Gasteiger partial charge in [0.05, 0.1) is 11.6 Å². The molecule has 0 aliphatic carbocycles. The van der Waals surface area contributed by atoms with E-state index < -0.39 is 6.10 Å². The predicted octanol–water partition coefficient (Wildman–Crippen LogP) is 1.41. The molecule has 3 nitrogen and oxygen atoms in total. The van der Waals surface area contributed by atoms with Crippen molar-refractivity contribution in [3.05, 3.63) is 41.6 Å². The zero-order valence-electron chi connectivity index (χ0n) is 9.35. The summed E-state index contributed by atoms with van der Waals surface area (Å²) in [5, 5.41) is 10.6. The molecule has 0 fully saturated rings. The van der Waals surface area contributed by atoms with Gasteiger partial charge in [-0.3, -0.25) is 4.98 Å². The lowest BCUT2D eigenvalue weighted by atomic mass is 10.0. The van der Waals surface area contributed by atoms with E-state index in [1.54, 1.807) is 0 Å². The topological polar surface area (TPSA) is 59.1 Å². The molecule has 0 radical (unpaired) electrons. The van der Waals surface area contributed by atoms with Gasteiger partial charge in [0.25, 0.3) is 0 Å². The number of aliphatic hydroxyl groups is 1. The van der Waals surface area contributed by atoms with Gasteiger partial charge in [0, 0.05) is 18.1 Å². The number of pyridine rings is 1.